The van der Waals surface area contributed by atoms with Gasteiger partial charge in [0.1, 0.15) is 6.33 Å². The standard InChI is InChI=1S/C14H18N8S/c1-10-7-20(8-11-6-17-14(15)23-11)4-5-22(10)12-13-19-18-9-21(13)3-2-16-12/h2-3,6,9-10H,4-5,7-8H2,1H3,(H2,15,17). The molecule has 2 N–H and O–H groups in total. The molecule has 23 heavy (non-hydrogen) atoms. The van der Waals surface area contributed by atoms with E-state index in [0.717, 1.165) is 37.6 Å². The second kappa shape index (κ2) is 5.74. The second-order valence-corrected chi connectivity index (χ2v) is 6.90. The molecule has 0 aromatic carbocycles. The van der Waals surface area contributed by atoms with Crippen LogP contribution < -0.4 is 10.6 Å². The summed E-state index contributed by atoms with van der Waals surface area (Å²) in [7, 11) is 0. The van der Waals surface area contributed by atoms with Gasteiger partial charge in [0, 0.05) is 55.7 Å². The van der Waals surface area contributed by atoms with E-state index >= 15 is 0 Å². The molecule has 0 radical (unpaired) electrons. The molecule has 8 nitrogen and oxygen atoms in total. The Bertz CT molecular complexity index is 812. The van der Waals surface area contributed by atoms with Crippen molar-refractivity contribution in [3.05, 3.63) is 29.8 Å². The molecule has 1 saturated heterocycles. The molecule has 0 spiro atoms. The van der Waals surface area contributed by atoms with E-state index in [-0.39, 0.29) is 0 Å². The highest BCUT2D eigenvalue weighted by Crippen LogP contribution is 2.23. The van der Waals surface area contributed by atoms with Crippen LogP contribution in [0.2, 0.25) is 0 Å². The number of hydrogen-bond acceptors (Lipinski definition) is 8. The van der Waals surface area contributed by atoms with Gasteiger partial charge in [-0.2, -0.15) is 0 Å². The van der Waals surface area contributed by atoms with Gasteiger partial charge in [-0.15, -0.1) is 21.5 Å². The summed E-state index contributed by atoms with van der Waals surface area (Å²) in [5.74, 6) is 0.902. The van der Waals surface area contributed by atoms with E-state index in [0.29, 0.717) is 11.2 Å². The number of rotatable bonds is 3. The average molecular weight is 330 g/mol. The molecule has 9 heteroatoms. The van der Waals surface area contributed by atoms with Crippen molar-refractivity contribution in [3.8, 4) is 0 Å². The number of hydrogen-bond donors (Lipinski definition) is 1. The predicted molar refractivity (Wildman–Crippen MR) is 89.4 cm³/mol. The molecule has 120 valence electrons. The molecule has 0 amide bonds. The first-order valence-corrected chi connectivity index (χ1v) is 8.36. The first kappa shape index (κ1) is 14.3. The fraction of sp³-hybridized carbons (Fsp3) is 0.429. The zero-order valence-electron chi connectivity index (χ0n) is 12.8. The Kier molecular flexibility index (Phi) is 3.58. The number of fused-ring (bicyclic) bond motifs is 1. The summed E-state index contributed by atoms with van der Waals surface area (Å²) < 4.78 is 1.90. The van der Waals surface area contributed by atoms with Crippen LogP contribution >= 0.6 is 11.3 Å². The monoisotopic (exact) mass is 330 g/mol. The van der Waals surface area contributed by atoms with Crippen molar-refractivity contribution in [2.45, 2.75) is 19.5 Å². The summed E-state index contributed by atoms with van der Waals surface area (Å²) in [4.78, 5) is 14.6. The maximum absolute atomic E-state index is 5.71. The van der Waals surface area contributed by atoms with Crippen LogP contribution in [0.3, 0.4) is 0 Å². The predicted octanol–water partition coefficient (Wildman–Crippen LogP) is 0.874. The smallest absolute Gasteiger partial charge is 0.203 e. The number of anilines is 2. The lowest BCUT2D eigenvalue weighted by Crippen LogP contribution is -2.52. The maximum Gasteiger partial charge on any atom is 0.203 e. The van der Waals surface area contributed by atoms with Crippen molar-refractivity contribution in [1.82, 2.24) is 29.5 Å². The van der Waals surface area contributed by atoms with Gasteiger partial charge in [0.2, 0.25) is 5.65 Å². The van der Waals surface area contributed by atoms with Gasteiger partial charge in [-0.1, -0.05) is 0 Å². The van der Waals surface area contributed by atoms with Crippen molar-refractivity contribution in [2.75, 3.05) is 30.3 Å². The van der Waals surface area contributed by atoms with Crippen LogP contribution in [-0.2, 0) is 6.54 Å². The summed E-state index contributed by atoms with van der Waals surface area (Å²) in [6, 6.07) is 0.351. The van der Waals surface area contributed by atoms with E-state index in [4.69, 9.17) is 5.73 Å². The van der Waals surface area contributed by atoms with Crippen molar-refractivity contribution in [1.29, 1.82) is 0 Å². The number of piperazine rings is 1. The number of nitrogen functional groups attached to an aromatic ring is 1. The fourth-order valence-electron chi connectivity index (χ4n) is 3.06. The summed E-state index contributed by atoms with van der Waals surface area (Å²) in [5.41, 5.74) is 6.52. The highest BCUT2D eigenvalue weighted by atomic mass is 32.1. The SMILES string of the molecule is CC1CN(Cc2cnc(N)s2)CCN1c1nccn2cnnc12. The first-order valence-electron chi connectivity index (χ1n) is 7.54. The highest BCUT2D eigenvalue weighted by molar-refractivity contribution is 7.15. The van der Waals surface area contributed by atoms with E-state index in [1.807, 2.05) is 16.8 Å². The molecular formula is C14H18N8S. The van der Waals surface area contributed by atoms with Crippen LogP contribution in [0.1, 0.15) is 11.8 Å². The topological polar surface area (TPSA) is 88.5 Å². The van der Waals surface area contributed by atoms with Crippen molar-refractivity contribution in [3.63, 3.8) is 0 Å². The molecule has 1 unspecified atom stereocenters. The van der Waals surface area contributed by atoms with E-state index in [9.17, 15) is 0 Å². The summed E-state index contributed by atoms with van der Waals surface area (Å²) in [6.07, 6.45) is 7.24. The molecule has 3 aromatic rings. The van der Waals surface area contributed by atoms with Crippen molar-refractivity contribution >= 4 is 27.9 Å². The third-order valence-electron chi connectivity index (χ3n) is 4.13. The Morgan fingerprint density at radius 3 is 3.04 bits per heavy atom. The molecule has 0 aliphatic carbocycles. The first-order chi connectivity index (χ1) is 11.2. The number of nitrogens with two attached hydrogens (primary N) is 1. The van der Waals surface area contributed by atoms with E-state index in [1.54, 1.807) is 23.9 Å². The zero-order valence-corrected chi connectivity index (χ0v) is 13.6. The minimum Gasteiger partial charge on any atom is -0.375 e. The van der Waals surface area contributed by atoms with Gasteiger partial charge in [-0.3, -0.25) is 9.30 Å². The fourth-order valence-corrected chi connectivity index (χ4v) is 3.78. The van der Waals surface area contributed by atoms with Crippen molar-refractivity contribution in [2.24, 2.45) is 0 Å². The maximum atomic E-state index is 5.71. The van der Waals surface area contributed by atoms with Gasteiger partial charge >= 0.3 is 0 Å². The Hall–Kier alpha value is -2.26. The van der Waals surface area contributed by atoms with Crippen molar-refractivity contribution < 1.29 is 0 Å². The molecule has 4 heterocycles. The molecule has 4 rings (SSSR count). The van der Waals surface area contributed by atoms with E-state index < -0.39 is 0 Å². The molecule has 0 saturated carbocycles. The molecule has 1 atom stereocenters. The van der Waals surface area contributed by atoms with Gasteiger partial charge in [0.05, 0.1) is 0 Å². The minimum atomic E-state index is 0.351. The third-order valence-corrected chi connectivity index (χ3v) is 4.94. The van der Waals surface area contributed by atoms with Gasteiger partial charge in [0.15, 0.2) is 10.9 Å². The number of thiazole rings is 1. The second-order valence-electron chi connectivity index (χ2n) is 5.76. The van der Waals surface area contributed by atoms with Gasteiger partial charge in [-0.25, -0.2) is 9.97 Å². The molecule has 1 aliphatic heterocycles. The zero-order chi connectivity index (χ0) is 15.8. The van der Waals surface area contributed by atoms with Gasteiger partial charge in [-0.05, 0) is 6.92 Å². The Morgan fingerprint density at radius 2 is 2.26 bits per heavy atom. The lowest BCUT2D eigenvalue weighted by Gasteiger charge is -2.40. The van der Waals surface area contributed by atoms with Crippen LogP contribution in [0.5, 0.6) is 0 Å². The van der Waals surface area contributed by atoms with E-state index in [1.165, 1.54) is 4.88 Å². The van der Waals surface area contributed by atoms with Crippen LogP contribution in [0.25, 0.3) is 5.65 Å². The van der Waals surface area contributed by atoms with Crippen LogP contribution in [0.15, 0.2) is 24.9 Å². The number of aromatic nitrogens is 5. The lowest BCUT2D eigenvalue weighted by molar-refractivity contribution is 0.222. The summed E-state index contributed by atoms with van der Waals surface area (Å²) in [6.45, 7) is 5.97. The summed E-state index contributed by atoms with van der Waals surface area (Å²) in [5, 5.41) is 8.80. The Labute approximate surface area is 137 Å². The average Bonchev–Trinajstić information content (AvgIpc) is 3.16. The normalized spacial score (nSPS) is 19.5. The minimum absolute atomic E-state index is 0.351. The highest BCUT2D eigenvalue weighted by Gasteiger charge is 2.27. The molecule has 3 aromatic heterocycles. The Morgan fingerprint density at radius 1 is 1.35 bits per heavy atom. The van der Waals surface area contributed by atoms with Gasteiger partial charge < -0.3 is 10.6 Å². The quantitative estimate of drug-likeness (QED) is 0.762. The van der Waals surface area contributed by atoms with E-state index in [2.05, 4.69) is 36.9 Å². The van der Waals surface area contributed by atoms with Gasteiger partial charge in [0.25, 0.3) is 0 Å². The molecule has 0 bridgehead atoms. The molecule has 1 aliphatic rings. The number of nitrogens with zero attached hydrogens (tertiary/aromatic N) is 7. The third kappa shape index (κ3) is 2.73. The van der Waals surface area contributed by atoms with Crippen LogP contribution in [0.4, 0.5) is 10.9 Å². The molecular weight excluding hydrogens is 312 g/mol. The van der Waals surface area contributed by atoms with Crippen LogP contribution in [0, 0.1) is 0 Å². The van der Waals surface area contributed by atoms with Crippen LogP contribution in [-0.4, -0.2) is 55.1 Å². The summed E-state index contributed by atoms with van der Waals surface area (Å²) >= 11 is 1.56. The lowest BCUT2D eigenvalue weighted by atomic mass is 10.2. The largest absolute Gasteiger partial charge is 0.375 e. The Balaban J connectivity index is 1.50. The molecule has 1 fully saturated rings.